The highest BCUT2D eigenvalue weighted by atomic mass is 16.5. The van der Waals surface area contributed by atoms with Crippen molar-refractivity contribution in [3.63, 3.8) is 0 Å². The summed E-state index contributed by atoms with van der Waals surface area (Å²) in [5, 5.41) is 7.03. The highest BCUT2D eigenvalue weighted by molar-refractivity contribution is 5.96. The maximum atomic E-state index is 12.6. The molecule has 1 N–H and O–H groups in total. The molecule has 2 aromatic carbocycles. The Morgan fingerprint density at radius 2 is 1.71 bits per heavy atom. The van der Waals surface area contributed by atoms with Crippen LogP contribution in [0.2, 0.25) is 0 Å². The smallest absolute Gasteiger partial charge is 0.317 e. The average Bonchev–Trinajstić information content (AvgIpc) is 3.52. The van der Waals surface area contributed by atoms with Gasteiger partial charge in [0.15, 0.2) is 0 Å². The van der Waals surface area contributed by atoms with Gasteiger partial charge in [0.1, 0.15) is 0 Å². The molecule has 2 aliphatic rings. The number of carbonyl (C=O) groups is 2. The maximum absolute atomic E-state index is 12.6. The van der Waals surface area contributed by atoms with Crippen LogP contribution in [0.4, 0.5) is 16.2 Å². The van der Waals surface area contributed by atoms with E-state index in [4.69, 9.17) is 4.52 Å². The number of aryl methyl sites for hydroxylation is 1. The molecule has 0 radical (unpaired) electrons. The highest BCUT2D eigenvalue weighted by Crippen LogP contribution is 2.32. The third-order valence-electron chi connectivity index (χ3n) is 6.65. The van der Waals surface area contributed by atoms with Gasteiger partial charge in [-0.25, -0.2) is 4.79 Å². The topological polar surface area (TPSA) is 94.8 Å². The van der Waals surface area contributed by atoms with Gasteiger partial charge in [0.25, 0.3) is 0 Å². The van der Waals surface area contributed by atoms with E-state index in [1.807, 2.05) is 67.3 Å². The molecule has 0 spiro atoms. The average molecular weight is 475 g/mol. The normalized spacial score (nSPS) is 18.3. The van der Waals surface area contributed by atoms with E-state index in [1.165, 1.54) is 0 Å². The van der Waals surface area contributed by atoms with Gasteiger partial charge in [-0.2, -0.15) is 4.98 Å². The van der Waals surface area contributed by atoms with Gasteiger partial charge in [-0.05, 0) is 50.2 Å². The number of hydrogen-bond donors (Lipinski definition) is 1. The predicted molar refractivity (Wildman–Crippen MR) is 133 cm³/mol. The third-order valence-corrected chi connectivity index (χ3v) is 6.65. The van der Waals surface area contributed by atoms with Gasteiger partial charge in [0.05, 0.1) is 5.92 Å². The highest BCUT2D eigenvalue weighted by Gasteiger charge is 2.35. The Bertz CT molecular complexity index is 1180. The van der Waals surface area contributed by atoms with Crippen LogP contribution in [0.3, 0.4) is 0 Å². The molecule has 2 aliphatic heterocycles. The molecule has 1 atom stereocenters. The minimum absolute atomic E-state index is 0.00126. The molecule has 0 unspecified atom stereocenters. The lowest BCUT2D eigenvalue weighted by molar-refractivity contribution is -0.117. The second-order valence-corrected chi connectivity index (χ2v) is 9.05. The first-order valence-corrected chi connectivity index (χ1v) is 12.1. The zero-order valence-corrected chi connectivity index (χ0v) is 20.1. The lowest BCUT2D eigenvalue weighted by Gasteiger charge is -2.36. The maximum Gasteiger partial charge on any atom is 0.317 e. The molecule has 5 rings (SSSR count). The van der Waals surface area contributed by atoms with Crippen molar-refractivity contribution in [2.24, 2.45) is 0 Å². The quantitative estimate of drug-likeness (QED) is 0.609. The lowest BCUT2D eigenvalue weighted by atomic mass is 10.1. The summed E-state index contributed by atoms with van der Waals surface area (Å²) in [6, 6.07) is 16.0. The van der Waals surface area contributed by atoms with Gasteiger partial charge >= 0.3 is 6.03 Å². The zero-order valence-electron chi connectivity index (χ0n) is 20.1. The van der Waals surface area contributed by atoms with Crippen molar-refractivity contribution < 1.29 is 14.1 Å². The molecule has 182 valence electrons. The molecule has 0 aliphatic carbocycles. The molecule has 35 heavy (non-hydrogen) atoms. The Labute approximate surface area is 204 Å². The minimum Gasteiger partial charge on any atom is -0.368 e. The van der Waals surface area contributed by atoms with Crippen LogP contribution in [0, 0.1) is 6.92 Å². The second kappa shape index (κ2) is 9.77. The molecule has 3 amide bonds. The molecule has 0 saturated carbocycles. The van der Waals surface area contributed by atoms with Crippen LogP contribution in [0.1, 0.15) is 30.7 Å². The summed E-state index contributed by atoms with van der Waals surface area (Å²) in [6.07, 6.45) is 0.358. The fraction of sp³-hybridized carbons (Fsp3) is 0.385. The zero-order chi connectivity index (χ0) is 24.4. The second-order valence-electron chi connectivity index (χ2n) is 9.05. The summed E-state index contributed by atoms with van der Waals surface area (Å²) in [7, 11) is 0. The van der Waals surface area contributed by atoms with Gasteiger partial charge in [-0.1, -0.05) is 22.9 Å². The SMILES string of the molecule is CCNC(=O)N1CCN(c2ccc(-c3noc([C@H]4CC(=O)N(c5ccc(C)cc5)C4)n3)cc2)CC1. The van der Waals surface area contributed by atoms with Crippen molar-refractivity contribution in [1.82, 2.24) is 20.4 Å². The van der Waals surface area contributed by atoms with Crippen LogP contribution in [0.5, 0.6) is 0 Å². The molecular weight excluding hydrogens is 444 g/mol. The number of nitrogens with one attached hydrogen (secondary N) is 1. The van der Waals surface area contributed by atoms with E-state index >= 15 is 0 Å². The van der Waals surface area contributed by atoms with Crippen molar-refractivity contribution in [3.05, 3.63) is 60.0 Å². The number of anilines is 2. The van der Waals surface area contributed by atoms with Crippen molar-refractivity contribution >= 4 is 23.3 Å². The Kier molecular flexibility index (Phi) is 6.39. The third kappa shape index (κ3) is 4.84. The summed E-state index contributed by atoms with van der Waals surface area (Å²) in [5.74, 6) is 0.961. The number of carbonyl (C=O) groups excluding carboxylic acids is 2. The Hall–Kier alpha value is -3.88. The molecule has 3 aromatic rings. The summed E-state index contributed by atoms with van der Waals surface area (Å²) >= 11 is 0. The first kappa shape index (κ1) is 22.9. The van der Waals surface area contributed by atoms with Crippen molar-refractivity contribution in [2.45, 2.75) is 26.2 Å². The van der Waals surface area contributed by atoms with Crippen LogP contribution in [-0.4, -0.2) is 66.2 Å². The van der Waals surface area contributed by atoms with Crippen LogP contribution < -0.4 is 15.1 Å². The van der Waals surface area contributed by atoms with E-state index in [-0.39, 0.29) is 17.9 Å². The van der Waals surface area contributed by atoms with E-state index in [0.29, 0.717) is 44.3 Å². The van der Waals surface area contributed by atoms with Crippen LogP contribution >= 0.6 is 0 Å². The van der Waals surface area contributed by atoms with E-state index in [0.717, 1.165) is 35.6 Å². The van der Waals surface area contributed by atoms with Gasteiger partial charge in [-0.15, -0.1) is 0 Å². The Morgan fingerprint density at radius 3 is 2.40 bits per heavy atom. The van der Waals surface area contributed by atoms with Gasteiger partial charge in [-0.3, -0.25) is 4.79 Å². The van der Waals surface area contributed by atoms with Crippen molar-refractivity contribution in [1.29, 1.82) is 0 Å². The number of rotatable bonds is 5. The molecule has 3 heterocycles. The van der Waals surface area contributed by atoms with Gasteiger partial charge < -0.3 is 24.5 Å². The standard InChI is InChI=1S/C26H30N6O3/c1-3-27-26(34)31-14-12-30(13-15-31)21-10-6-19(7-11-21)24-28-25(35-29-24)20-16-23(33)32(17-20)22-8-4-18(2)5-9-22/h4-11,20H,3,12-17H2,1-2H3,(H,27,34)/t20-/m0/s1. The van der Waals surface area contributed by atoms with E-state index < -0.39 is 0 Å². The number of nitrogens with zero attached hydrogens (tertiary/aromatic N) is 5. The molecule has 9 heteroatoms. The van der Waals surface area contributed by atoms with Crippen LogP contribution in [0.25, 0.3) is 11.4 Å². The molecule has 9 nitrogen and oxygen atoms in total. The number of piperazine rings is 1. The van der Waals surface area contributed by atoms with Crippen molar-refractivity contribution in [3.8, 4) is 11.4 Å². The van der Waals surface area contributed by atoms with Crippen molar-refractivity contribution in [2.75, 3.05) is 49.1 Å². The van der Waals surface area contributed by atoms with Gasteiger partial charge in [0, 0.05) is 62.6 Å². The monoisotopic (exact) mass is 474 g/mol. The lowest BCUT2D eigenvalue weighted by Crippen LogP contribution is -2.51. The number of urea groups is 1. The molecular formula is C26H30N6O3. The van der Waals surface area contributed by atoms with E-state index in [2.05, 4.69) is 20.4 Å². The summed E-state index contributed by atoms with van der Waals surface area (Å²) < 4.78 is 5.56. The van der Waals surface area contributed by atoms with E-state index in [9.17, 15) is 9.59 Å². The number of aromatic nitrogens is 2. The molecule has 1 aromatic heterocycles. The first-order valence-electron chi connectivity index (χ1n) is 12.1. The molecule has 0 bridgehead atoms. The van der Waals surface area contributed by atoms with Crippen LogP contribution in [-0.2, 0) is 4.79 Å². The fourth-order valence-electron chi connectivity index (χ4n) is 4.62. The first-order chi connectivity index (χ1) is 17.0. The Balaban J connectivity index is 1.21. The number of hydrogen-bond acceptors (Lipinski definition) is 6. The van der Waals surface area contributed by atoms with Gasteiger partial charge in [0.2, 0.25) is 17.6 Å². The summed E-state index contributed by atoms with van der Waals surface area (Å²) in [6.45, 7) is 8.09. The fourth-order valence-corrected chi connectivity index (χ4v) is 4.62. The largest absolute Gasteiger partial charge is 0.368 e. The van der Waals surface area contributed by atoms with E-state index in [1.54, 1.807) is 4.90 Å². The summed E-state index contributed by atoms with van der Waals surface area (Å²) in [4.78, 5) is 35.1. The predicted octanol–water partition coefficient (Wildman–Crippen LogP) is 3.42. The molecule has 2 saturated heterocycles. The number of benzene rings is 2. The number of amides is 3. The Morgan fingerprint density at radius 1 is 1.03 bits per heavy atom. The minimum atomic E-state index is -0.120. The van der Waals surface area contributed by atoms with Crippen LogP contribution in [0.15, 0.2) is 53.1 Å². The summed E-state index contributed by atoms with van der Waals surface area (Å²) in [5.41, 5.74) is 4.02. The molecule has 2 fully saturated rings.